The van der Waals surface area contributed by atoms with Gasteiger partial charge in [0.25, 0.3) is 0 Å². The highest BCUT2D eigenvalue weighted by Gasteiger charge is 2.40. The van der Waals surface area contributed by atoms with Crippen LogP contribution >= 0.6 is 0 Å². The van der Waals surface area contributed by atoms with Crippen LogP contribution in [0.3, 0.4) is 0 Å². The Morgan fingerprint density at radius 3 is 2.40 bits per heavy atom. The second kappa shape index (κ2) is 13.8. The lowest BCUT2D eigenvalue weighted by Gasteiger charge is -2.43. The first kappa shape index (κ1) is 27.4. The second-order valence-electron chi connectivity index (χ2n) is 8.85. The molecule has 1 aliphatic rings. The van der Waals surface area contributed by atoms with E-state index in [1.807, 2.05) is 23.1 Å². The van der Waals surface area contributed by atoms with Crippen LogP contribution in [-0.2, 0) is 9.47 Å². The smallest absolute Gasteiger partial charge is 0.183 e. The minimum Gasteiger partial charge on any atom is -0.395 e. The molecule has 10 nitrogen and oxygen atoms in total. The Kier molecular flexibility index (Phi) is 10.8. The van der Waals surface area contributed by atoms with Gasteiger partial charge < -0.3 is 35.2 Å². The van der Waals surface area contributed by atoms with Crippen LogP contribution in [0.25, 0.3) is 11.4 Å². The summed E-state index contributed by atoms with van der Waals surface area (Å²) < 4.78 is 10.9. The molecule has 35 heavy (non-hydrogen) atoms. The third-order valence-corrected chi connectivity index (χ3v) is 6.40. The van der Waals surface area contributed by atoms with Gasteiger partial charge in [0.1, 0.15) is 12.2 Å². The first-order chi connectivity index (χ1) is 17.0. The molecule has 1 saturated heterocycles. The fourth-order valence-corrected chi connectivity index (χ4v) is 4.50. The Bertz CT molecular complexity index is 886. The average Bonchev–Trinajstić information content (AvgIpc) is 2.88. The number of anilines is 1. The SMILES string of the molecule is COC(OC)c1cc(NCCCCCCN2CC(O)C(O)C(O)C2CO)cc(-c2ncccn2)c1. The number of hydrogen-bond donors (Lipinski definition) is 5. The van der Waals surface area contributed by atoms with Gasteiger partial charge in [-0.3, -0.25) is 4.90 Å². The summed E-state index contributed by atoms with van der Waals surface area (Å²) in [7, 11) is 3.20. The van der Waals surface area contributed by atoms with Gasteiger partial charge in [0, 0.05) is 56.5 Å². The number of methoxy groups -OCH3 is 2. The van der Waals surface area contributed by atoms with Crippen LogP contribution in [0.15, 0.2) is 36.7 Å². The van der Waals surface area contributed by atoms with Crippen molar-refractivity contribution in [1.82, 2.24) is 14.9 Å². The highest BCUT2D eigenvalue weighted by molar-refractivity contribution is 5.64. The van der Waals surface area contributed by atoms with E-state index in [2.05, 4.69) is 15.3 Å². The van der Waals surface area contributed by atoms with Crippen molar-refractivity contribution in [1.29, 1.82) is 0 Å². The maximum atomic E-state index is 10.1. The van der Waals surface area contributed by atoms with Gasteiger partial charge in [0.15, 0.2) is 12.1 Å². The van der Waals surface area contributed by atoms with Crippen LogP contribution in [-0.4, -0.2) is 100 Å². The Morgan fingerprint density at radius 2 is 1.71 bits per heavy atom. The third-order valence-electron chi connectivity index (χ3n) is 6.40. The number of piperidine rings is 1. The summed E-state index contributed by atoms with van der Waals surface area (Å²) in [5.74, 6) is 0.630. The highest BCUT2D eigenvalue weighted by Crippen LogP contribution is 2.27. The van der Waals surface area contributed by atoms with Gasteiger partial charge in [0.2, 0.25) is 0 Å². The van der Waals surface area contributed by atoms with E-state index in [1.165, 1.54) is 0 Å². The largest absolute Gasteiger partial charge is 0.395 e. The van der Waals surface area contributed by atoms with E-state index in [1.54, 1.807) is 32.7 Å². The van der Waals surface area contributed by atoms with Crippen LogP contribution in [0, 0.1) is 0 Å². The van der Waals surface area contributed by atoms with Crippen molar-refractivity contribution in [2.45, 2.75) is 56.3 Å². The molecule has 1 fully saturated rings. The van der Waals surface area contributed by atoms with Crippen LogP contribution < -0.4 is 5.32 Å². The summed E-state index contributed by atoms with van der Waals surface area (Å²) in [5, 5.41) is 42.9. The fourth-order valence-electron chi connectivity index (χ4n) is 4.50. The van der Waals surface area contributed by atoms with Crippen molar-refractivity contribution in [3.8, 4) is 11.4 Å². The van der Waals surface area contributed by atoms with Gasteiger partial charge in [-0.25, -0.2) is 9.97 Å². The van der Waals surface area contributed by atoms with Crippen molar-refractivity contribution in [3.63, 3.8) is 0 Å². The molecule has 194 valence electrons. The molecule has 4 unspecified atom stereocenters. The van der Waals surface area contributed by atoms with Crippen molar-refractivity contribution in [2.75, 3.05) is 45.8 Å². The van der Waals surface area contributed by atoms with E-state index >= 15 is 0 Å². The third kappa shape index (κ3) is 7.40. The summed E-state index contributed by atoms with van der Waals surface area (Å²) in [6.45, 7) is 1.43. The number of unbranched alkanes of at least 4 members (excludes halogenated alkanes) is 3. The molecule has 0 saturated carbocycles. The van der Waals surface area contributed by atoms with Gasteiger partial charge in [0.05, 0.1) is 18.8 Å². The number of nitrogens with zero attached hydrogens (tertiary/aromatic N) is 3. The van der Waals surface area contributed by atoms with E-state index < -0.39 is 30.6 Å². The Balaban J connectivity index is 1.48. The molecule has 2 heterocycles. The first-order valence-electron chi connectivity index (χ1n) is 12.1. The number of benzene rings is 1. The van der Waals surface area contributed by atoms with Gasteiger partial charge >= 0.3 is 0 Å². The molecule has 2 aromatic rings. The number of aromatic nitrogens is 2. The Morgan fingerprint density at radius 1 is 1.00 bits per heavy atom. The van der Waals surface area contributed by atoms with E-state index in [0.717, 1.165) is 49.0 Å². The standard InChI is InChI=1S/C25H38N4O6/c1-34-25(35-2)18-12-17(24-27-9-7-10-28-24)13-19(14-18)26-8-5-3-4-6-11-29-15-21(31)23(33)22(32)20(29)16-30/h7,9-10,12-14,20-23,25-26,30-33H,3-6,8,11,15-16H2,1-2H3. The van der Waals surface area contributed by atoms with Crippen LogP contribution in [0.5, 0.6) is 0 Å². The molecular weight excluding hydrogens is 452 g/mol. The van der Waals surface area contributed by atoms with Crippen LogP contribution in [0.4, 0.5) is 5.69 Å². The molecule has 0 bridgehead atoms. The minimum absolute atomic E-state index is 0.249. The molecular formula is C25H38N4O6. The summed E-state index contributed by atoms with van der Waals surface area (Å²) in [6, 6.07) is 7.21. The summed E-state index contributed by atoms with van der Waals surface area (Å²) in [4.78, 5) is 10.6. The number of aliphatic hydroxyl groups is 4. The van der Waals surface area contributed by atoms with Crippen molar-refractivity contribution in [2.24, 2.45) is 0 Å². The number of β-amino-alcohol motifs (C(OH)–C–C–N with tert-alkyl or cyclic N) is 1. The lowest BCUT2D eigenvalue weighted by atomic mass is 9.94. The van der Waals surface area contributed by atoms with Gasteiger partial charge in [-0.15, -0.1) is 0 Å². The van der Waals surface area contributed by atoms with Crippen molar-refractivity contribution in [3.05, 3.63) is 42.2 Å². The van der Waals surface area contributed by atoms with Crippen LogP contribution in [0.2, 0.25) is 0 Å². The number of likely N-dealkylation sites (tertiary alicyclic amines) is 1. The number of aliphatic hydroxyl groups excluding tert-OH is 4. The minimum atomic E-state index is -1.22. The molecule has 1 aliphatic heterocycles. The monoisotopic (exact) mass is 490 g/mol. The molecule has 0 amide bonds. The van der Waals surface area contributed by atoms with Gasteiger partial charge in [-0.05, 0) is 43.7 Å². The van der Waals surface area contributed by atoms with E-state index in [0.29, 0.717) is 12.4 Å². The molecule has 10 heteroatoms. The molecule has 0 radical (unpaired) electrons. The average molecular weight is 491 g/mol. The Hall–Kier alpha value is -2.18. The zero-order chi connectivity index (χ0) is 25.2. The van der Waals surface area contributed by atoms with E-state index in [9.17, 15) is 20.4 Å². The second-order valence-corrected chi connectivity index (χ2v) is 8.85. The lowest BCUT2D eigenvalue weighted by Crippen LogP contribution is -2.62. The zero-order valence-corrected chi connectivity index (χ0v) is 20.5. The quantitative estimate of drug-likeness (QED) is 0.205. The topological polar surface area (TPSA) is 140 Å². The summed E-state index contributed by atoms with van der Waals surface area (Å²) >= 11 is 0. The number of nitrogens with one attached hydrogen (secondary N) is 1. The predicted octanol–water partition coefficient (Wildman–Crippen LogP) is 1.17. The number of ether oxygens (including phenoxy) is 2. The zero-order valence-electron chi connectivity index (χ0n) is 20.5. The Labute approximate surface area is 206 Å². The molecule has 4 atom stereocenters. The molecule has 0 spiro atoms. The summed E-state index contributed by atoms with van der Waals surface area (Å²) in [6.07, 6.45) is 3.38. The molecule has 5 N–H and O–H groups in total. The predicted molar refractivity (Wildman–Crippen MR) is 132 cm³/mol. The molecule has 3 rings (SSSR count). The van der Waals surface area contributed by atoms with Crippen LogP contribution in [0.1, 0.15) is 37.5 Å². The van der Waals surface area contributed by atoms with Crippen molar-refractivity contribution >= 4 is 5.69 Å². The normalized spacial score (nSPS) is 23.1. The fraction of sp³-hybridized carbons (Fsp3) is 0.600. The van der Waals surface area contributed by atoms with E-state index in [4.69, 9.17) is 9.47 Å². The van der Waals surface area contributed by atoms with Gasteiger partial charge in [-0.1, -0.05) is 12.8 Å². The van der Waals surface area contributed by atoms with Gasteiger partial charge in [-0.2, -0.15) is 0 Å². The molecule has 1 aromatic carbocycles. The van der Waals surface area contributed by atoms with E-state index in [-0.39, 0.29) is 13.2 Å². The van der Waals surface area contributed by atoms with Crippen molar-refractivity contribution < 1.29 is 29.9 Å². The maximum Gasteiger partial charge on any atom is 0.183 e. The molecule has 1 aromatic heterocycles. The number of hydrogen-bond acceptors (Lipinski definition) is 10. The number of rotatable bonds is 13. The summed E-state index contributed by atoms with van der Waals surface area (Å²) in [5.41, 5.74) is 2.68. The first-order valence-corrected chi connectivity index (χ1v) is 12.1. The highest BCUT2D eigenvalue weighted by atomic mass is 16.7. The maximum absolute atomic E-state index is 10.1. The lowest BCUT2D eigenvalue weighted by molar-refractivity contribution is -0.145. The molecule has 0 aliphatic carbocycles.